The summed E-state index contributed by atoms with van der Waals surface area (Å²) in [5.41, 5.74) is 25.7. The summed E-state index contributed by atoms with van der Waals surface area (Å²) in [5, 5.41) is 33.1. The van der Waals surface area contributed by atoms with Crippen molar-refractivity contribution in [2.45, 2.75) is 0 Å². The zero-order valence-corrected chi connectivity index (χ0v) is 76.7. The molecule has 2 nitrogen and oxygen atoms in total. The van der Waals surface area contributed by atoms with E-state index in [1.165, 1.54) is 195 Å². The van der Waals surface area contributed by atoms with Gasteiger partial charge >= 0.3 is 0 Å². The fourth-order valence-corrected chi connectivity index (χ4v) is 22.9. The van der Waals surface area contributed by atoms with Gasteiger partial charge in [0.1, 0.15) is 22.3 Å². The number of thiophene rings is 1. The first kappa shape index (κ1) is 81.9. The van der Waals surface area contributed by atoms with E-state index >= 15 is 0 Å². The van der Waals surface area contributed by atoms with E-state index in [0.29, 0.717) is 0 Å². The molecule has 0 N–H and O–H groups in total. The molecular formula is C136H86O2S. The lowest BCUT2D eigenvalue weighted by Gasteiger charge is -2.16. The summed E-state index contributed by atoms with van der Waals surface area (Å²) in [6.07, 6.45) is 0. The van der Waals surface area contributed by atoms with E-state index in [4.69, 9.17) is 8.83 Å². The van der Waals surface area contributed by atoms with Crippen molar-refractivity contribution < 1.29 is 8.83 Å². The van der Waals surface area contributed by atoms with Crippen LogP contribution in [-0.2, 0) is 0 Å². The maximum absolute atomic E-state index is 6.64. The fourth-order valence-electron chi connectivity index (χ4n) is 21.8. The van der Waals surface area contributed by atoms with Gasteiger partial charge in [-0.25, -0.2) is 0 Å². The molecule has 0 bridgehead atoms. The topological polar surface area (TPSA) is 26.3 Å². The molecule has 0 fully saturated rings. The average molecular weight is 1780 g/mol. The maximum Gasteiger partial charge on any atom is 0.143 e. The molecule has 0 atom stereocenters. The lowest BCUT2D eigenvalue weighted by Crippen LogP contribution is -1.89. The molecule has 0 aliphatic rings. The maximum atomic E-state index is 6.64. The number of para-hydroxylation sites is 4. The Morgan fingerprint density at radius 1 is 0.122 bits per heavy atom. The van der Waals surface area contributed by atoms with Gasteiger partial charge in [-0.15, -0.1) is 11.3 Å². The molecule has 29 aromatic rings. The highest BCUT2D eigenvalue weighted by atomic mass is 32.1. The lowest BCUT2D eigenvalue weighted by molar-refractivity contribution is 0.670. The Bertz CT molecular complexity index is 9880. The number of fused-ring (bicyclic) bond motifs is 23. The van der Waals surface area contributed by atoms with Gasteiger partial charge in [-0.2, -0.15) is 0 Å². The zero-order chi connectivity index (χ0) is 91.8. The highest BCUT2D eigenvalue weighted by molar-refractivity contribution is 7.26. The molecule has 0 unspecified atom stereocenters. The number of hydrogen-bond acceptors (Lipinski definition) is 3. The molecule has 648 valence electrons. The SMILES string of the molecule is c1ccc(-c2cccc3c2oc2c(-c4ccc(-c5cc6ccccc6c6ccccc56)cc4)cccc23)cc1.c1ccc2c(-c3ccc(-c4cc5ccccc5c5ccccc45)cc3)cccc2c1.c1ccc2c(c1)cc(-c1ccc(-c3cccc4c3oc3ccccc34)cc1)c1ccccc12.c1ccc2c(c1)cc(-c1ccc(-c3cccc4sc5ccccc5c34)c3ccccc13)c1ccccc12. The van der Waals surface area contributed by atoms with Crippen LogP contribution < -0.4 is 0 Å². The van der Waals surface area contributed by atoms with E-state index in [9.17, 15) is 0 Å². The zero-order valence-electron chi connectivity index (χ0n) is 75.9. The average Bonchev–Trinajstić information content (AvgIpc) is 0.978. The van der Waals surface area contributed by atoms with Crippen molar-refractivity contribution >= 4 is 183 Å². The van der Waals surface area contributed by atoms with Gasteiger partial charge in [0.2, 0.25) is 0 Å². The van der Waals surface area contributed by atoms with Crippen LogP contribution in [0.1, 0.15) is 0 Å². The van der Waals surface area contributed by atoms with Gasteiger partial charge in [0, 0.05) is 58.4 Å². The standard InChI is InChI=1S/C38H24O.C36H22S.C32H20O.C30H20/c1-2-10-25(11-3-1)30-16-8-18-34-35-19-9-17-31(38(35)39-37(30)34)26-20-22-27(23-21-26)36-24-28-12-4-5-13-29(28)32-14-6-7-15-33(32)36;1-2-11-24-23(10-1)22-33(28-15-6-3-12-25(24)28)30-21-20-29(26-13-4-5-14-27(26)30)31-17-9-19-35-36(31)32-16-7-8-18-34(32)37-35;1-2-9-24-23(8-1)20-30(27-11-4-3-10-26(24)27)22-18-16-21(17-19-22)25-13-7-14-29-28-12-5-6-15-31(28)33-32(25)29;1-3-11-25-21(8-1)10-7-15-26(25)22-16-18-23(19-17-22)30-20-24-9-2-4-12-27(24)28-13-5-6-14-29(28)30/h1-24H;1-22H;1-20H;1-20H. The Balaban J connectivity index is 0.0000000960. The minimum absolute atomic E-state index is 0.930. The van der Waals surface area contributed by atoms with Gasteiger partial charge in [-0.05, 0) is 234 Å². The third-order valence-corrected chi connectivity index (χ3v) is 29.4. The third kappa shape index (κ3) is 14.6. The van der Waals surface area contributed by atoms with Crippen LogP contribution in [-0.4, -0.2) is 0 Å². The smallest absolute Gasteiger partial charge is 0.143 e. The second kappa shape index (κ2) is 34.9. The first-order chi connectivity index (χ1) is 69.0. The van der Waals surface area contributed by atoms with Gasteiger partial charge in [0.25, 0.3) is 0 Å². The van der Waals surface area contributed by atoms with E-state index in [1.807, 2.05) is 29.5 Å². The summed E-state index contributed by atoms with van der Waals surface area (Å²) in [7, 11) is 0. The van der Waals surface area contributed by atoms with Crippen LogP contribution in [0, 0.1) is 0 Å². The Labute approximate surface area is 807 Å². The van der Waals surface area contributed by atoms with E-state index in [2.05, 4.69) is 504 Å². The molecule has 139 heavy (non-hydrogen) atoms. The van der Waals surface area contributed by atoms with Gasteiger partial charge < -0.3 is 8.83 Å². The van der Waals surface area contributed by atoms with E-state index in [0.717, 1.165) is 77.3 Å². The Kier molecular flexibility index (Phi) is 20.5. The number of benzene rings is 26. The predicted octanol–water partition coefficient (Wildman–Crippen LogP) is 39.4. The molecule has 3 aromatic heterocycles. The Morgan fingerprint density at radius 3 is 0.827 bits per heavy atom. The minimum atomic E-state index is 0.930. The number of rotatable bonds is 9. The van der Waals surface area contributed by atoms with Crippen LogP contribution in [0.4, 0.5) is 0 Å². The first-order valence-electron chi connectivity index (χ1n) is 47.7. The van der Waals surface area contributed by atoms with Crippen LogP contribution >= 0.6 is 11.3 Å². The largest absolute Gasteiger partial charge is 0.455 e. The normalized spacial score (nSPS) is 11.6. The minimum Gasteiger partial charge on any atom is -0.455 e. The summed E-state index contributed by atoms with van der Waals surface area (Å²) in [5.74, 6) is 0. The highest BCUT2D eigenvalue weighted by Gasteiger charge is 2.22. The number of hydrogen-bond donors (Lipinski definition) is 0. The summed E-state index contributed by atoms with van der Waals surface area (Å²) in [4.78, 5) is 0. The quantitative estimate of drug-likeness (QED) is 0.135. The highest BCUT2D eigenvalue weighted by Crippen LogP contribution is 2.49. The summed E-state index contributed by atoms with van der Waals surface area (Å²) < 4.78 is 15.6. The number of furan rings is 2. The van der Waals surface area contributed by atoms with Crippen molar-refractivity contribution in [1.82, 2.24) is 0 Å². The first-order valence-corrected chi connectivity index (χ1v) is 48.5. The van der Waals surface area contributed by atoms with Crippen molar-refractivity contribution in [3.8, 4) is 100 Å². The molecule has 3 heterocycles. The molecule has 0 radical (unpaired) electrons. The molecule has 0 aliphatic carbocycles. The molecule has 0 aliphatic heterocycles. The van der Waals surface area contributed by atoms with Gasteiger partial charge in [0.05, 0.1) is 0 Å². The van der Waals surface area contributed by atoms with Crippen LogP contribution in [0.2, 0.25) is 0 Å². The van der Waals surface area contributed by atoms with Crippen molar-refractivity contribution in [3.05, 3.63) is 522 Å². The van der Waals surface area contributed by atoms with Gasteiger partial charge in [0.15, 0.2) is 0 Å². The molecule has 29 rings (SSSR count). The van der Waals surface area contributed by atoms with Crippen LogP contribution in [0.25, 0.3) is 272 Å². The second-order valence-electron chi connectivity index (χ2n) is 36.1. The molecular weight excluding hydrogens is 1700 g/mol. The van der Waals surface area contributed by atoms with Crippen molar-refractivity contribution in [2.75, 3.05) is 0 Å². The van der Waals surface area contributed by atoms with Gasteiger partial charge in [-0.1, -0.05) is 479 Å². The Morgan fingerprint density at radius 2 is 0.381 bits per heavy atom. The van der Waals surface area contributed by atoms with Crippen molar-refractivity contribution in [1.29, 1.82) is 0 Å². The second-order valence-corrected chi connectivity index (χ2v) is 37.2. The fraction of sp³-hybridized carbons (Fsp3) is 0. The molecule has 0 saturated heterocycles. The lowest BCUT2D eigenvalue weighted by atomic mass is 9.87. The molecule has 26 aromatic carbocycles. The van der Waals surface area contributed by atoms with Gasteiger partial charge in [-0.3, -0.25) is 0 Å². The summed E-state index contributed by atoms with van der Waals surface area (Å²) in [6, 6.07) is 188. The monoisotopic (exact) mass is 1780 g/mol. The van der Waals surface area contributed by atoms with Crippen molar-refractivity contribution in [3.63, 3.8) is 0 Å². The van der Waals surface area contributed by atoms with E-state index in [-0.39, 0.29) is 0 Å². The van der Waals surface area contributed by atoms with E-state index in [1.54, 1.807) is 0 Å². The van der Waals surface area contributed by atoms with Crippen LogP contribution in [0.15, 0.2) is 531 Å². The molecule has 0 saturated carbocycles. The molecule has 0 spiro atoms. The van der Waals surface area contributed by atoms with Crippen LogP contribution in [0.3, 0.4) is 0 Å². The van der Waals surface area contributed by atoms with Crippen LogP contribution in [0.5, 0.6) is 0 Å². The predicted molar refractivity (Wildman–Crippen MR) is 597 cm³/mol. The van der Waals surface area contributed by atoms with E-state index < -0.39 is 0 Å². The summed E-state index contributed by atoms with van der Waals surface area (Å²) in [6.45, 7) is 0. The summed E-state index contributed by atoms with van der Waals surface area (Å²) >= 11 is 1.88. The molecule has 3 heteroatoms. The van der Waals surface area contributed by atoms with Crippen molar-refractivity contribution in [2.24, 2.45) is 0 Å². The molecule has 0 amide bonds. The Hall–Kier alpha value is -17.9. The third-order valence-electron chi connectivity index (χ3n) is 28.3.